The molecule has 1 atom stereocenters. The summed E-state index contributed by atoms with van der Waals surface area (Å²) in [6.07, 6.45) is -0.713. The molecular weight excluding hydrogens is 328 g/mol. The number of halogens is 1. The van der Waals surface area contributed by atoms with Crippen LogP contribution in [0.2, 0.25) is 0 Å². The Morgan fingerprint density at radius 2 is 2.10 bits per heavy atom. The van der Waals surface area contributed by atoms with Gasteiger partial charge >= 0.3 is 12.0 Å². The Hall–Kier alpha value is -1.60. The second-order valence-corrected chi connectivity index (χ2v) is 5.22. The molecule has 0 bridgehead atoms. The first-order chi connectivity index (χ1) is 9.40. The predicted octanol–water partition coefficient (Wildman–Crippen LogP) is 2.37. The normalized spacial score (nSPS) is 11.8. The topological polar surface area (TPSA) is 87.7 Å². The maximum absolute atomic E-state index is 11.7. The molecule has 3 N–H and O–H groups in total. The van der Waals surface area contributed by atoms with Crippen LogP contribution in [-0.4, -0.2) is 36.9 Å². The van der Waals surface area contributed by atoms with Crippen molar-refractivity contribution in [2.45, 2.75) is 19.4 Å². The number of anilines is 1. The van der Waals surface area contributed by atoms with Crippen LogP contribution < -0.4 is 10.6 Å². The molecule has 6 nitrogen and oxygen atoms in total. The van der Waals surface area contributed by atoms with E-state index < -0.39 is 18.1 Å². The maximum Gasteiger partial charge on any atom is 0.319 e. The average Bonchev–Trinajstić information content (AvgIpc) is 2.32. The second kappa shape index (κ2) is 7.86. The van der Waals surface area contributed by atoms with Crippen LogP contribution in [-0.2, 0) is 9.53 Å². The minimum absolute atomic E-state index is 0.127. The molecule has 0 aromatic heterocycles. The Balaban J connectivity index is 2.48. The molecule has 20 heavy (non-hydrogen) atoms. The molecule has 0 saturated heterocycles. The Morgan fingerprint density at radius 3 is 2.65 bits per heavy atom. The van der Waals surface area contributed by atoms with Crippen molar-refractivity contribution in [2.24, 2.45) is 0 Å². The lowest BCUT2D eigenvalue weighted by Crippen LogP contribution is -2.37. The van der Waals surface area contributed by atoms with Crippen LogP contribution >= 0.6 is 15.9 Å². The van der Waals surface area contributed by atoms with Crippen molar-refractivity contribution in [3.63, 3.8) is 0 Å². The number of carbonyl (C=O) groups excluding carboxylic acids is 1. The number of urea groups is 1. The van der Waals surface area contributed by atoms with Crippen LogP contribution in [0, 0.1) is 6.92 Å². The summed E-state index contributed by atoms with van der Waals surface area (Å²) in [6.45, 7) is 2.04. The maximum atomic E-state index is 11.7. The van der Waals surface area contributed by atoms with E-state index in [1.54, 1.807) is 6.07 Å². The molecule has 1 rings (SSSR count). The summed E-state index contributed by atoms with van der Waals surface area (Å²) in [4.78, 5) is 22.3. The number of carbonyl (C=O) groups is 2. The van der Waals surface area contributed by atoms with Gasteiger partial charge in [-0.05, 0) is 30.7 Å². The van der Waals surface area contributed by atoms with Crippen molar-refractivity contribution in [1.82, 2.24) is 5.32 Å². The van der Waals surface area contributed by atoms with Crippen molar-refractivity contribution in [1.29, 1.82) is 0 Å². The number of methoxy groups -OCH3 is 1. The van der Waals surface area contributed by atoms with Crippen LogP contribution in [0.3, 0.4) is 0 Å². The fourth-order valence-corrected chi connectivity index (χ4v) is 2.23. The number of carboxylic acid groups (broad SMARTS) is 1. The molecule has 7 heteroatoms. The number of benzene rings is 1. The Labute approximate surface area is 125 Å². The first-order valence-electron chi connectivity index (χ1n) is 5.97. The van der Waals surface area contributed by atoms with Gasteiger partial charge in [0.05, 0.1) is 12.5 Å². The molecule has 1 unspecified atom stereocenters. The summed E-state index contributed by atoms with van der Waals surface area (Å²) in [5, 5.41) is 13.9. The molecule has 0 aliphatic rings. The first kappa shape index (κ1) is 16.5. The van der Waals surface area contributed by atoms with Gasteiger partial charge in [0.25, 0.3) is 0 Å². The SMILES string of the molecule is COC(CNC(=O)Nc1cc(C)cc(Br)c1)CC(=O)O. The number of hydrogen-bond acceptors (Lipinski definition) is 3. The number of aliphatic carboxylic acids is 1. The molecule has 0 fully saturated rings. The summed E-state index contributed by atoms with van der Waals surface area (Å²) in [6, 6.07) is 5.12. The Morgan fingerprint density at radius 1 is 1.40 bits per heavy atom. The van der Waals surface area contributed by atoms with E-state index in [0.717, 1.165) is 10.0 Å². The molecule has 0 aliphatic heterocycles. The summed E-state index contributed by atoms with van der Waals surface area (Å²) in [5.74, 6) is -0.971. The second-order valence-electron chi connectivity index (χ2n) is 4.31. The lowest BCUT2D eigenvalue weighted by molar-refractivity contribution is -0.139. The third-order valence-electron chi connectivity index (χ3n) is 2.53. The van der Waals surface area contributed by atoms with Gasteiger partial charge in [-0.15, -0.1) is 0 Å². The van der Waals surface area contributed by atoms with Crippen LogP contribution in [0.1, 0.15) is 12.0 Å². The summed E-state index contributed by atoms with van der Waals surface area (Å²) in [7, 11) is 1.41. The van der Waals surface area contributed by atoms with Gasteiger partial charge in [0.1, 0.15) is 0 Å². The van der Waals surface area contributed by atoms with Crippen molar-refractivity contribution in [3.8, 4) is 0 Å². The number of carboxylic acids is 1. The summed E-state index contributed by atoms with van der Waals surface area (Å²) >= 11 is 3.35. The predicted molar refractivity (Wildman–Crippen MR) is 79.0 cm³/mol. The Kier molecular flexibility index (Phi) is 6.47. The zero-order valence-electron chi connectivity index (χ0n) is 11.3. The first-order valence-corrected chi connectivity index (χ1v) is 6.76. The van der Waals surface area contributed by atoms with Crippen LogP contribution in [0.4, 0.5) is 10.5 Å². The van der Waals surface area contributed by atoms with E-state index in [1.807, 2.05) is 19.1 Å². The van der Waals surface area contributed by atoms with Crippen LogP contribution in [0.5, 0.6) is 0 Å². The number of nitrogens with one attached hydrogen (secondary N) is 2. The fourth-order valence-electron chi connectivity index (χ4n) is 1.62. The molecular formula is C13H17BrN2O4. The molecule has 0 aliphatic carbocycles. The molecule has 1 aromatic rings. The van der Waals surface area contributed by atoms with Crippen molar-refractivity contribution in [2.75, 3.05) is 19.0 Å². The molecule has 0 spiro atoms. The highest BCUT2D eigenvalue weighted by Gasteiger charge is 2.13. The third kappa shape index (κ3) is 6.03. The van der Waals surface area contributed by atoms with Crippen LogP contribution in [0.15, 0.2) is 22.7 Å². The van der Waals surface area contributed by atoms with E-state index >= 15 is 0 Å². The quantitative estimate of drug-likeness (QED) is 0.739. The van der Waals surface area contributed by atoms with E-state index in [0.29, 0.717) is 5.69 Å². The van der Waals surface area contributed by atoms with Gasteiger partial charge in [-0.25, -0.2) is 4.79 Å². The van der Waals surface area contributed by atoms with Gasteiger partial charge < -0.3 is 20.5 Å². The standard InChI is InChI=1S/C13H17BrN2O4/c1-8-3-9(14)5-10(4-8)16-13(19)15-7-11(20-2)6-12(17)18/h3-5,11H,6-7H2,1-2H3,(H,17,18)(H2,15,16,19). The molecule has 0 heterocycles. The highest BCUT2D eigenvalue weighted by molar-refractivity contribution is 9.10. The lowest BCUT2D eigenvalue weighted by atomic mass is 10.2. The average molecular weight is 345 g/mol. The zero-order chi connectivity index (χ0) is 15.1. The van der Waals surface area contributed by atoms with E-state index in [1.165, 1.54) is 7.11 Å². The van der Waals surface area contributed by atoms with E-state index in [-0.39, 0.29) is 13.0 Å². The molecule has 0 radical (unpaired) electrons. The van der Waals surface area contributed by atoms with Gasteiger partial charge in [-0.3, -0.25) is 4.79 Å². The van der Waals surface area contributed by atoms with Crippen molar-refractivity contribution < 1.29 is 19.4 Å². The van der Waals surface area contributed by atoms with Gasteiger partial charge in [0, 0.05) is 23.8 Å². The van der Waals surface area contributed by atoms with Gasteiger partial charge in [-0.2, -0.15) is 0 Å². The van der Waals surface area contributed by atoms with Crippen molar-refractivity contribution in [3.05, 3.63) is 28.2 Å². The van der Waals surface area contributed by atoms with Gasteiger partial charge in [0.15, 0.2) is 0 Å². The van der Waals surface area contributed by atoms with Gasteiger partial charge in [0.2, 0.25) is 0 Å². The minimum atomic E-state index is -0.971. The zero-order valence-corrected chi connectivity index (χ0v) is 12.9. The Bertz CT molecular complexity index is 473. The van der Waals surface area contributed by atoms with Crippen LogP contribution in [0.25, 0.3) is 0 Å². The smallest absolute Gasteiger partial charge is 0.319 e. The summed E-state index contributed by atoms with van der Waals surface area (Å²) in [5.41, 5.74) is 1.66. The monoisotopic (exact) mass is 344 g/mol. The lowest BCUT2D eigenvalue weighted by Gasteiger charge is -2.14. The molecule has 2 amide bonds. The minimum Gasteiger partial charge on any atom is -0.481 e. The largest absolute Gasteiger partial charge is 0.481 e. The fraction of sp³-hybridized carbons (Fsp3) is 0.385. The van der Waals surface area contributed by atoms with Gasteiger partial charge in [-0.1, -0.05) is 15.9 Å². The van der Waals surface area contributed by atoms with E-state index in [2.05, 4.69) is 26.6 Å². The highest BCUT2D eigenvalue weighted by atomic mass is 79.9. The number of rotatable bonds is 6. The number of hydrogen-bond donors (Lipinski definition) is 3. The van der Waals surface area contributed by atoms with Crippen molar-refractivity contribution >= 4 is 33.6 Å². The molecule has 110 valence electrons. The highest BCUT2D eigenvalue weighted by Crippen LogP contribution is 2.18. The summed E-state index contributed by atoms with van der Waals surface area (Å²) < 4.78 is 5.84. The molecule has 1 aromatic carbocycles. The number of ether oxygens (including phenoxy) is 1. The van der Waals surface area contributed by atoms with E-state index in [4.69, 9.17) is 9.84 Å². The third-order valence-corrected chi connectivity index (χ3v) is 2.98. The number of amides is 2. The van der Waals surface area contributed by atoms with E-state index in [9.17, 15) is 9.59 Å². The molecule has 0 saturated carbocycles. The number of aryl methyl sites for hydroxylation is 1.